The highest BCUT2D eigenvalue weighted by Gasteiger charge is 2.81. The van der Waals surface area contributed by atoms with Gasteiger partial charge in [-0.1, -0.05) is 42.5 Å². The molecule has 3 aromatic rings. The second kappa shape index (κ2) is 6.40. The number of hydrogen-bond acceptors (Lipinski definition) is 5. The van der Waals surface area contributed by atoms with Gasteiger partial charge in [0.25, 0.3) is 5.91 Å². The third-order valence-electron chi connectivity index (χ3n) is 8.05. The Balaban J connectivity index is 1.62. The summed E-state index contributed by atoms with van der Waals surface area (Å²) in [7, 11) is 0. The van der Waals surface area contributed by atoms with Gasteiger partial charge in [-0.2, -0.15) is 0 Å². The summed E-state index contributed by atoms with van der Waals surface area (Å²) in [5, 5.41) is 8.01. The number of hydrogen-bond donors (Lipinski definition) is 2. The van der Waals surface area contributed by atoms with Crippen molar-refractivity contribution in [3.05, 3.63) is 82.0 Å². The zero-order chi connectivity index (χ0) is 22.4. The third-order valence-corrected chi connectivity index (χ3v) is 8.93. The molecular formula is C26H21N3O3S. The molecule has 33 heavy (non-hydrogen) atoms. The van der Waals surface area contributed by atoms with Crippen molar-refractivity contribution < 1.29 is 14.4 Å². The first-order valence-corrected chi connectivity index (χ1v) is 12.2. The zero-order valence-electron chi connectivity index (χ0n) is 17.7. The first kappa shape index (κ1) is 19.2. The average molecular weight is 456 g/mol. The Morgan fingerprint density at radius 3 is 2.36 bits per heavy atom. The Labute approximate surface area is 194 Å². The molecule has 0 radical (unpaired) electrons. The van der Waals surface area contributed by atoms with Gasteiger partial charge in [0.05, 0.1) is 10.8 Å². The van der Waals surface area contributed by atoms with E-state index in [1.807, 2.05) is 66.0 Å². The number of benzene rings is 2. The van der Waals surface area contributed by atoms with E-state index in [9.17, 15) is 14.4 Å². The molecular weight excluding hydrogens is 434 g/mol. The quantitative estimate of drug-likeness (QED) is 0.577. The second-order valence-electron chi connectivity index (χ2n) is 9.24. The van der Waals surface area contributed by atoms with E-state index >= 15 is 0 Å². The molecule has 2 N–H and O–H groups in total. The Bertz CT molecular complexity index is 1350. The van der Waals surface area contributed by atoms with Crippen LogP contribution >= 0.6 is 11.3 Å². The SMILES string of the molecule is O=C(c1cccs1)C1C2CCCN2C2(C(=O)Nc3ccccc32)C12C(=O)Nc1ccccc12. The molecule has 2 saturated heterocycles. The molecule has 164 valence electrons. The molecule has 4 unspecified atom stereocenters. The lowest BCUT2D eigenvalue weighted by atomic mass is 9.57. The minimum absolute atomic E-state index is 0.0530. The Morgan fingerprint density at radius 2 is 1.61 bits per heavy atom. The normalized spacial score (nSPS) is 31.5. The van der Waals surface area contributed by atoms with Crippen molar-refractivity contribution in [2.75, 3.05) is 17.2 Å². The van der Waals surface area contributed by atoms with Crippen LogP contribution < -0.4 is 10.6 Å². The monoisotopic (exact) mass is 455 g/mol. The van der Waals surface area contributed by atoms with Gasteiger partial charge in [-0.15, -0.1) is 11.3 Å². The Hall–Kier alpha value is -3.29. The number of Topliss-reactive ketones (excluding diaryl/α,β-unsaturated/α-hetero) is 1. The standard InChI is InChI=1S/C26H21N3O3S/c30-22(20-12-6-14-33-20)21-19-11-5-13-29(19)26(16-8-2-4-10-18(16)28-24(26)32)25(21)15-7-1-3-9-17(15)27-23(25)31/h1-4,6-10,12,14,19,21H,5,11,13H2,(H,27,31)(H,28,32). The highest BCUT2D eigenvalue weighted by molar-refractivity contribution is 7.12. The molecule has 6 nitrogen and oxygen atoms in total. The number of ketones is 1. The van der Waals surface area contributed by atoms with E-state index in [1.165, 1.54) is 11.3 Å². The van der Waals surface area contributed by atoms with E-state index in [1.54, 1.807) is 0 Å². The molecule has 1 aromatic heterocycles. The van der Waals surface area contributed by atoms with E-state index in [0.29, 0.717) is 22.8 Å². The summed E-state index contributed by atoms with van der Waals surface area (Å²) in [4.78, 5) is 45.4. The van der Waals surface area contributed by atoms with Gasteiger partial charge in [-0.05, 0) is 48.5 Å². The van der Waals surface area contributed by atoms with Crippen LogP contribution in [0.15, 0.2) is 66.0 Å². The molecule has 2 aromatic carbocycles. The van der Waals surface area contributed by atoms with Gasteiger partial charge in [0.1, 0.15) is 11.0 Å². The maximum absolute atomic E-state index is 14.2. The van der Waals surface area contributed by atoms with Crippen molar-refractivity contribution >= 4 is 40.3 Å². The van der Waals surface area contributed by atoms with Crippen LogP contribution in [0.1, 0.15) is 33.6 Å². The van der Waals surface area contributed by atoms with Crippen molar-refractivity contribution in [2.24, 2.45) is 5.92 Å². The first-order valence-electron chi connectivity index (χ1n) is 11.3. The largest absolute Gasteiger partial charge is 0.325 e. The number of thiophene rings is 1. The fraction of sp³-hybridized carbons (Fsp3) is 0.269. The van der Waals surface area contributed by atoms with Crippen LogP contribution in [-0.2, 0) is 20.5 Å². The van der Waals surface area contributed by atoms with Crippen molar-refractivity contribution in [3.8, 4) is 0 Å². The summed E-state index contributed by atoms with van der Waals surface area (Å²) in [5.41, 5.74) is 0.297. The smallest absolute Gasteiger partial charge is 0.251 e. The van der Waals surface area contributed by atoms with Crippen LogP contribution in [0.5, 0.6) is 0 Å². The summed E-state index contributed by atoms with van der Waals surface area (Å²) < 4.78 is 0. The highest BCUT2D eigenvalue weighted by atomic mass is 32.1. The molecule has 2 amide bonds. The lowest BCUT2D eigenvalue weighted by Crippen LogP contribution is -2.62. The van der Waals surface area contributed by atoms with Crippen LogP contribution in [0, 0.1) is 5.92 Å². The molecule has 0 bridgehead atoms. The fourth-order valence-electron chi connectivity index (χ4n) is 7.11. The van der Waals surface area contributed by atoms with E-state index in [0.717, 1.165) is 24.0 Å². The number of anilines is 2. The van der Waals surface area contributed by atoms with Gasteiger partial charge in [0.15, 0.2) is 5.78 Å². The maximum atomic E-state index is 14.2. The summed E-state index contributed by atoms with van der Waals surface area (Å²) in [6, 6.07) is 18.7. The summed E-state index contributed by atoms with van der Waals surface area (Å²) >= 11 is 1.39. The van der Waals surface area contributed by atoms with Gasteiger partial charge in [-0.3, -0.25) is 19.3 Å². The van der Waals surface area contributed by atoms with Crippen LogP contribution in [0.3, 0.4) is 0 Å². The number of para-hydroxylation sites is 2. The number of fused-ring (bicyclic) bond motifs is 7. The van der Waals surface area contributed by atoms with Gasteiger partial charge in [0, 0.05) is 23.0 Å². The van der Waals surface area contributed by atoms with Crippen molar-refractivity contribution in [2.45, 2.75) is 29.8 Å². The molecule has 4 aliphatic rings. The molecule has 7 rings (SSSR count). The van der Waals surface area contributed by atoms with Crippen LogP contribution in [0.2, 0.25) is 0 Å². The summed E-state index contributed by atoms with van der Waals surface area (Å²) in [6.07, 6.45) is 1.66. The van der Waals surface area contributed by atoms with Gasteiger partial charge < -0.3 is 10.6 Å². The van der Waals surface area contributed by atoms with E-state index < -0.39 is 16.9 Å². The molecule has 5 heterocycles. The second-order valence-corrected chi connectivity index (χ2v) is 10.2. The van der Waals surface area contributed by atoms with Crippen molar-refractivity contribution in [1.29, 1.82) is 0 Å². The molecule has 4 atom stereocenters. The van der Waals surface area contributed by atoms with E-state index in [-0.39, 0.29) is 23.6 Å². The van der Waals surface area contributed by atoms with Crippen molar-refractivity contribution in [1.82, 2.24) is 4.90 Å². The van der Waals surface area contributed by atoms with Crippen molar-refractivity contribution in [3.63, 3.8) is 0 Å². The third kappa shape index (κ3) is 2.02. The fourth-order valence-corrected chi connectivity index (χ4v) is 7.81. The minimum atomic E-state index is -1.35. The lowest BCUT2D eigenvalue weighted by Gasteiger charge is -2.43. The van der Waals surface area contributed by atoms with E-state index in [2.05, 4.69) is 15.5 Å². The number of carbonyl (C=O) groups is 3. The van der Waals surface area contributed by atoms with Crippen LogP contribution in [-0.4, -0.2) is 35.1 Å². The molecule has 0 saturated carbocycles. The van der Waals surface area contributed by atoms with Crippen LogP contribution in [0.25, 0.3) is 0 Å². The Morgan fingerprint density at radius 1 is 0.909 bits per heavy atom. The minimum Gasteiger partial charge on any atom is -0.325 e. The predicted octanol–water partition coefficient (Wildman–Crippen LogP) is 3.76. The number of nitrogens with zero attached hydrogens (tertiary/aromatic N) is 1. The highest BCUT2D eigenvalue weighted by Crippen LogP contribution is 2.67. The average Bonchev–Trinajstić information content (AvgIpc) is 3.62. The molecule has 7 heteroatoms. The van der Waals surface area contributed by atoms with E-state index in [4.69, 9.17) is 0 Å². The lowest BCUT2D eigenvalue weighted by molar-refractivity contribution is -0.137. The number of carbonyl (C=O) groups excluding carboxylic acids is 3. The number of amides is 2. The molecule has 2 spiro atoms. The Kier molecular flexibility index (Phi) is 3.72. The van der Waals surface area contributed by atoms with Gasteiger partial charge in [-0.25, -0.2) is 0 Å². The topological polar surface area (TPSA) is 78.5 Å². The molecule has 4 aliphatic heterocycles. The number of rotatable bonds is 2. The molecule has 0 aliphatic carbocycles. The zero-order valence-corrected chi connectivity index (χ0v) is 18.5. The summed E-state index contributed by atoms with van der Waals surface area (Å²) in [5.74, 6) is -1.20. The molecule has 2 fully saturated rings. The maximum Gasteiger partial charge on any atom is 0.251 e. The van der Waals surface area contributed by atoms with Gasteiger partial charge >= 0.3 is 0 Å². The number of nitrogens with one attached hydrogen (secondary N) is 2. The van der Waals surface area contributed by atoms with Crippen LogP contribution in [0.4, 0.5) is 11.4 Å². The predicted molar refractivity (Wildman–Crippen MR) is 125 cm³/mol. The first-order chi connectivity index (χ1) is 16.1. The summed E-state index contributed by atoms with van der Waals surface area (Å²) in [6.45, 7) is 0.665. The van der Waals surface area contributed by atoms with Gasteiger partial charge in [0.2, 0.25) is 5.91 Å².